The van der Waals surface area contributed by atoms with Gasteiger partial charge in [-0.1, -0.05) is 72.8 Å². The first kappa shape index (κ1) is 22.0. The van der Waals surface area contributed by atoms with Gasteiger partial charge in [-0.05, 0) is 41.0 Å². The van der Waals surface area contributed by atoms with Crippen molar-refractivity contribution in [1.82, 2.24) is 16.2 Å². The van der Waals surface area contributed by atoms with Crippen LogP contribution in [0.3, 0.4) is 0 Å². The van der Waals surface area contributed by atoms with Crippen molar-refractivity contribution in [2.75, 3.05) is 7.11 Å². The highest BCUT2D eigenvalue weighted by Gasteiger charge is 2.23. The highest BCUT2D eigenvalue weighted by molar-refractivity contribution is 7.80. The van der Waals surface area contributed by atoms with E-state index in [-0.39, 0.29) is 23.3 Å². The van der Waals surface area contributed by atoms with E-state index in [0.29, 0.717) is 0 Å². The van der Waals surface area contributed by atoms with Crippen molar-refractivity contribution >= 4 is 29.1 Å². The molecular weight excluding hydrogens is 410 g/mol. The number of hydrogen-bond donors (Lipinski definition) is 3. The molecule has 0 bridgehead atoms. The van der Waals surface area contributed by atoms with Crippen LogP contribution in [0.1, 0.15) is 22.6 Å². The van der Waals surface area contributed by atoms with E-state index < -0.39 is 5.92 Å². The van der Waals surface area contributed by atoms with Gasteiger partial charge in [0.15, 0.2) is 5.11 Å². The topological polar surface area (TPSA) is 79.5 Å². The van der Waals surface area contributed by atoms with E-state index in [1.165, 1.54) is 0 Å². The molecular formula is C24H23N3O3S. The summed E-state index contributed by atoms with van der Waals surface area (Å²) in [6.45, 7) is 0. The second-order valence-corrected chi connectivity index (χ2v) is 7.18. The van der Waals surface area contributed by atoms with Gasteiger partial charge in [0.05, 0.1) is 19.4 Å². The first-order valence-electron chi connectivity index (χ1n) is 9.69. The van der Waals surface area contributed by atoms with Crippen LogP contribution in [0.25, 0.3) is 0 Å². The molecule has 0 spiro atoms. The summed E-state index contributed by atoms with van der Waals surface area (Å²) in [5.41, 5.74) is 7.61. The molecule has 0 saturated heterocycles. The Morgan fingerprint density at radius 2 is 1.39 bits per heavy atom. The molecule has 0 fully saturated rings. The Hall–Kier alpha value is -3.71. The second-order valence-electron chi connectivity index (χ2n) is 6.77. The lowest BCUT2D eigenvalue weighted by Crippen LogP contribution is -2.49. The molecule has 158 valence electrons. The molecule has 2 amide bonds. The number of hydrazine groups is 1. The quantitative estimate of drug-likeness (QED) is 0.411. The van der Waals surface area contributed by atoms with E-state index in [2.05, 4.69) is 16.2 Å². The van der Waals surface area contributed by atoms with Crippen LogP contribution in [-0.2, 0) is 16.0 Å². The van der Waals surface area contributed by atoms with Crippen molar-refractivity contribution in [3.05, 3.63) is 102 Å². The Morgan fingerprint density at radius 1 is 0.839 bits per heavy atom. The number of benzene rings is 3. The summed E-state index contributed by atoms with van der Waals surface area (Å²) in [6.07, 6.45) is 0.157. The third-order valence-corrected chi connectivity index (χ3v) is 4.81. The largest absolute Gasteiger partial charge is 0.497 e. The monoisotopic (exact) mass is 433 g/mol. The van der Waals surface area contributed by atoms with Gasteiger partial charge in [0, 0.05) is 0 Å². The van der Waals surface area contributed by atoms with Crippen LogP contribution in [-0.4, -0.2) is 24.0 Å². The lowest BCUT2D eigenvalue weighted by atomic mass is 9.90. The second kappa shape index (κ2) is 10.9. The number of hydrogen-bond acceptors (Lipinski definition) is 4. The minimum absolute atomic E-state index is 0.0185. The van der Waals surface area contributed by atoms with E-state index >= 15 is 0 Å². The standard InChI is InChI=1S/C24H23N3O3S/c1-30-20-14-12-17(13-15-20)16-21(28)26-27-24(31)25-23(29)22(18-8-4-2-5-9-18)19-10-6-3-7-11-19/h2-15,22H,16H2,1H3,(H,26,28)(H2,25,27,29,31). The lowest BCUT2D eigenvalue weighted by Gasteiger charge is -2.18. The summed E-state index contributed by atoms with van der Waals surface area (Å²) in [6, 6.07) is 26.1. The molecule has 0 aromatic heterocycles. The van der Waals surface area contributed by atoms with Crippen LogP contribution in [0.15, 0.2) is 84.9 Å². The van der Waals surface area contributed by atoms with Crippen molar-refractivity contribution in [3.8, 4) is 5.75 Å². The highest BCUT2D eigenvalue weighted by atomic mass is 32.1. The number of rotatable bonds is 6. The van der Waals surface area contributed by atoms with E-state index in [4.69, 9.17) is 17.0 Å². The Bertz CT molecular complexity index is 985. The van der Waals surface area contributed by atoms with Crippen LogP contribution in [0.4, 0.5) is 0 Å². The number of methoxy groups -OCH3 is 1. The summed E-state index contributed by atoms with van der Waals surface area (Å²) in [5.74, 6) is -0.390. The van der Waals surface area contributed by atoms with E-state index in [0.717, 1.165) is 22.4 Å². The van der Waals surface area contributed by atoms with Crippen molar-refractivity contribution in [3.63, 3.8) is 0 Å². The fourth-order valence-electron chi connectivity index (χ4n) is 3.10. The summed E-state index contributed by atoms with van der Waals surface area (Å²) in [5, 5.41) is 2.68. The van der Waals surface area contributed by atoms with Crippen LogP contribution >= 0.6 is 12.2 Å². The molecule has 3 aromatic rings. The van der Waals surface area contributed by atoms with Crippen LogP contribution < -0.4 is 20.9 Å². The minimum atomic E-state index is -0.530. The molecule has 3 N–H and O–H groups in total. The Labute approximate surface area is 186 Å². The number of ether oxygens (including phenoxy) is 1. The van der Waals surface area contributed by atoms with E-state index in [1.54, 1.807) is 19.2 Å². The SMILES string of the molecule is COc1ccc(CC(=O)NNC(=S)NC(=O)C(c2ccccc2)c2ccccc2)cc1. The van der Waals surface area contributed by atoms with Crippen molar-refractivity contribution < 1.29 is 14.3 Å². The van der Waals surface area contributed by atoms with Gasteiger partial charge >= 0.3 is 0 Å². The van der Waals surface area contributed by atoms with Crippen LogP contribution in [0.5, 0.6) is 5.75 Å². The fourth-order valence-corrected chi connectivity index (χ4v) is 3.25. The summed E-state index contributed by atoms with van der Waals surface area (Å²) in [4.78, 5) is 25.1. The minimum Gasteiger partial charge on any atom is -0.497 e. The van der Waals surface area contributed by atoms with Crippen molar-refractivity contribution in [1.29, 1.82) is 0 Å². The normalized spacial score (nSPS) is 10.3. The molecule has 0 atom stereocenters. The number of thiocarbonyl (C=S) groups is 1. The number of carbonyl (C=O) groups is 2. The van der Waals surface area contributed by atoms with E-state index in [9.17, 15) is 9.59 Å². The lowest BCUT2D eigenvalue weighted by molar-refractivity contribution is -0.122. The maximum Gasteiger partial charge on any atom is 0.242 e. The van der Waals surface area contributed by atoms with Gasteiger partial charge in [-0.25, -0.2) is 0 Å². The molecule has 0 heterocycles. The molecule has 6 nitrogen and oxygen atoms in total. The van der Waals surface area contributed by atoms with Crippen LogP contribution in [0.2, 0.25) is 0 Å². The Kier molecular flexibility index (Phi) is 7.73. The van der Waals surface area contributed by atoms with Gasteiger partial charge < -0.3 is 10.1 Å². The molecule has 7 heteroatoms. The Morgan fingerprint density at radius 3 is 1.90 bits per heavy atom. The number of nitrogens with one attached hydrogen (secondary N) is 3. The summed E-state index contributed by atoms with van der Waals surface area (Å²) in [7, 11) is 1.58. The smallest absolute Gasteiger partial charge is 0.242 e. The van der Waals surface area contributed by atoms with Gasteiger partial charge in [-0.3, -0.25) is 20.4 Å². The van der Waals surface area contributed by atoms with Gasteiger partial charge in [0.1, 0.15) is 5.75 Å². The molecule has 3 rings (SSSR count). The average molecular weight is 434 g/mol. The van der Waals surface area contributed by atoms with Gasteiger partial charge in [0.25, 0.3) is 0 Å². The predicted molar refractivity (Wildman–Crippen MR) is 123 cm³/mol. The molecule has 0 aliphatic heterocycles. The number of amides is 2. The van der Waals surface area contributed by atoms with Gasteiger partial charge in [0.2, 0.25) is 11.8 Å². The zero-order valence-corrected chi connectivity index (χ0v) is 17.8. The Balaban J connectivity index is 1.57. The summed E-state index contributed by atoms with van der Waals surface area (Å²) >= 11 is 5.19. The molecule has 0 saturated carbocycles. The first-order valence-corrected chi connectivity index (χ1v) is 10.1. The fraction of sp³-hybridized carbons (Fsp3) is 0.125. The third-order valence-electron chi connectivity index (χ3n) is 4.60. The van der Waals surface area contributed by atoms with Gasteiger partial charge in [-0.2, -0.15) is 0 Å². The molecule has 31 heavy (non-hydrogen) atoms. The molecule has 0 unspecified atom stereocenters. The zero-order valence-electron chi connectivity index (χ0n) is 17.0. The third kappa shape index (κ3) is 6.38. The zero-order chi connectivity index (χ0) is 22.1. The predicted octanol–water partition coefficient (Wildman–Crippen LogP) is 3.09. The highest BCUT2D eigenvalue weighted by Crippen LogP contribution is 2.24. The van der Waals surface area contributed by atoms with E-state index in [1.807, 2.05) is 72.8 Å². The van der Waals surface area contributed by atoms with Crippen molar-refractivity contribution in [2.24, 2.45) is 0 Å². The molecule has 0 aliphatic rings. The van der Waals surface area contributed by atoms with Crippen LogP contribution in [0, 0.1) is 0 Å². The number of carbonyl (C=O) groups excluding carboxylic acids is 2. The molecule has 0 aliphatic carbocycles. The van der Waals surface area contributed by atoms with Crippen molar-refractivity contribution in [2.45, 2.75) is 12.3 Å². The average Bonchev–Trinajstić information content (AvgIpc) is 2.80. The first-order chi connectivity index (χ1) is 15.1. The maximum atomic E-state index is 13.0. The summed E-state index contributed by atoms with van der Waals surface area (Å²) < 4.78 is 5.10. The molecule has 3 aromatic carbocycles. The molecule has 0 radical (unpaired) electrons. The maximum absolute atomic E-state index is 13.0. The van der Waals surface area contributed by atoms with Gasteiger partial charge in [-0.15, -0.1) is 0 Å².